The van der Waals surface area contributed by atoms with Crippen molar-refractivity contribution in [3.63, 3.8) is 0 Å². The Balaban J connectivity index is 1.34. The fraction of sp³-hybridized carbons (Fsp3) is 0.138. The molecule has 0 saturated heterocycles. The number of anilines is 5. The van der Waals surface area contributed by atoms with Crippen LogP contribution in [-0.4, -0.2) is 20.1 Å². The molecule has 0 spiro atoms. The lowest BCUT2D eigenvalue weighted by Crippen LogP contribution is -2.06. The molecule has 0 fully saturated rings. The zero-order valence-corrected chi connectivity index (χ0v) is 21.6. The Morgan fingerprint density at radius 3 is 2.21 bits per heavy atom. The third-order valence-corrected chi connectivity index (χ3v) is 6.01. The van der Waals surface area contributed by atoms with E-state index in [0.717, 1.165) is 27.9 Å². The molecular formula is C29H28N8O. The second kappa shape index (κ2) is 10.1. The number of benzene rings is 4. The van der Waals surface area contributed by atoms with Gasteiger partial charge in [0.15, 0.2) is 0 Å². The Bertz CT molecular complexity index is 1680. The minimum absolute atomic E-state index is 0.125. The Hall–Kier alpha value is -5.05. The number of nitrogens with one attached hydrogen (secondary N) is 2. The highest BCUT2D eigenvalue weighted by molar-refractivity contribution is 6.02. The van der Waals surface area contributed by atoms with E-state index < -0.39 is 0 Å². The molecule has 5 aromatic rings. The minimum Gasteiger partial charge on any atom is -0.507 e. The molecule has 5 rings (SSSR count). The summed E-state index contributed by atoms with van der Waals surface area (Å²) in [6.07, 6.45) is 0. The van der Waals surface area contributed by atoms with Gasteiger partial charge in [0, 0.05) is 11.4 Å². The molecule has 0 bridgehead atoms. The summed E-state index contributed by atoms with van der Waals surface area (Å²) in [6.45, 7) is 7.84. The van der Waals surface area contributed by atoms with Crippen molar-refractivity contribution in [3.05, 3.63) is 89.2 Å². The van der Waals surface area contributed by atoms with E-state index in [1.54, 1.807) is 12.1 Å². The number of phenolic OH excluding ortho intramolecular Hbond substituents is 1. The van der Waals surface area contributed by atoms with Gasteiger partial charge in [-0.2, -0.15) is 20.1 Å². The minimum atomic E-state index is 0.125. The highest BCUT2D eigenvalue weighted by atomic mass is 16.3. The van der Waals surface area contributed by atoms with Gasteiger partial charge in [-0.05, 0) is 86.7 Å². The van der Waals surface area contributed by atoms with Gasteiger partial charge in [0.25, 0.3) is 0 Å². The van der Waals surface area contributed by atoms with Crippen LogP contribution in [0.25, 0.3) is 10.8 Å². The number of aryl methyl sites for hydroxylation is 4. The van der Waals surface area contributed by atoms with Crippen molar-refractivity contribution in [3.8, 4) is 5.75 Å². The third-order valence-electron chi connectivity index (χ3n) is 6.01. The molecule has 9 nitrogen and oxygen atoms in total. The summed E-state index contributed by atoms with van der Waals surface area (Å²) < 4.78 is 0. The van der Waals surface area contributed by atoms with Crippen molar-refractivity contribution in [1.29, 1.82) is 0 Å². The second-order valence-electron chi connectivity index (χ2n) is 9.23. The molecule has 0 unspecified atom stereocenters. The van der Waals surface area contributed by atoms with Gasteiger partial charge in [-0.15, -0.1) is 5.11 Å². The van der Waals surface area contributed by atoms with Crippen LogP contribution in [0.5, 0.6) is 5.75 Å². The molecule has 190 valence electrons. The molecule has 0 saturated carbocycles. The smallest absolute Gasteiger partial charge is 0.232 e. The number of nitrogens with two attached hydrogens (primary N) is 1. The SMILES string of the molecule is Cc1ccc(Nc2nc(C)nc(Nc3ccc(N=Nc4c(N)ccc5cc(C)cc(O)c45)cc3)n2)c(C)c1. The summed E-state index contributed by atoms with van der Waals surface area (Å²) in [5, 5.41) is 27.1. The fourth-order valence-electron chi connectivity index (χ4n) is 4.21. The molecule has 0 aliphatic carbocycles. The molecule has 5 N–H and O–H groups in total. The summed E-state index contributed by atoms with van der Waals surface area (Å²) in [4.78, 5) is 13.3. The van der Waals surface area contributed by atoms with Crippen LogP contribution in [-0.2, 0) is 0 Å². The summed E-state index contributed by atoms with van der Waals surface area (Å²) in [5.41, 5.74) is 12.6. The van der Waals surface area contributed by atoms with Gasteiger partial charge in [0.2, 0.25) is 11.9 Å². The van der Waals surface area contributed by atoms with Crippen LogP contribution in [0.4, 0.5) is 40.3 Å². The first-order valence-corrected chi connectivity index (χ1v) is 12.1. The number of rotatable bonds is 6. The van der Waals surface area contributed by atoms with Crippen molar-refractivity contribution in [2.75, 3.05) is 16.4 Å². The van der Waals surface area contributed by atoms with Gasteiger partial charge >= 0.3 is 0 Å². The average molecular weight is 505 g/mol. The first-order valence-electron chi connectivity index (χ1n) is 12.1. The van der Waals surface area contributed by atoms with Crippen LogP contribution >= 0.6 is 0 Å². The van der Waals surface area contributed by atoms with Gasteiger partial charge in [0.1, 0.15) is 17.3 Å². The van der Waals surface area contributed by atoms with Crippen LogP contribution in [0.15, 0.2) is 77.0 Å². The lowest BCUT2D eigenvalue weighted by atomic mass is 10.0. The first-order chi connectivity index (χ1) is 18.2. The number of nitrogen functional groups attached to an aromatic ring is 1. The van der Waals surface area contributed by atoms with Gasteiger partial charge in [-0.1, -0.05) is 29.8 Å². The molecule has 0 amide bonds. The number of aromatic hydroxyl groups is 1. The Kier molecular flexibility index (Phi) is 6.57. The number of aromatic nitrogens is 3. The van der Waals surface area contributed by atoms with Gasteiger partial charge < -0.3 is 21.5 Å². The van der Waals surface area contributed by atoms with Crippen molar-refractivity contribution in [2.24, 2.45) is 10.2 Å². The number of hydrogen-bond acceptors (Lipinski definition) is 9. The highest BCUT2D eigenvalue weighted by Gasteiger charge is 2.11. The predicted molar refractivity (Wildman–Crippen MR) is 152 cm³/mol. The van der Waals surface area contributed by atoms with Crippen LogP contribution in [0.1, 0.15) is 22.5 Å². The molecule has 1 heterocycles. The zero-order valence-electron chi connectivity index (χ0n) is 21.6. The quantitative estimate of drug-likeness (QED) is 0.139. The maximum atomic E-state index is 10.5. The zero-order chi connectivity index (χ0) is 26.8. The largest absolute Gasteiger partial charge is 0.507 e. The Morgan fingerprint density at radius 1 is 0.737 bits per heavy atom. The van der Waals surface area contributed by atoms with E-state index in [-0.39, 0.29) is 5.75 Å². The van der Waals surface area contributed by atoms with Crippen molar-refractivity contribution < 1.29 is 5.11 Å². The van der Waals surface area contributed by atoms with E-state index in [0.29, 0.717) is 40.2 Å². The maximum absolute atomic E-state index is 10.5. The molecule has 38 heavy (non-hydrogen) atoms. The maximum Gasteiger partial charge on any atom is 0.232 e. The summed E-state index contributed by atoms with van der Waals surface area (Å²) in [6, 6.07) is 20.8. The topological polar surface area (TPSA) is 134 Å². The van der Waals surface area contributed by atoms with E-state index in [2.05, 4.69) is 48.8 Å². The van der Waals surface area contributed by atoms with Crippen molar-refractivity contribution in [1.82, 2.24) is 15.0 Å². The summed E-state index contributed by atoms with van der Waals surface area (Å²) in [5.74, 6) is 1.60. The van der Waals surface area contributed by atoms with E-state index in [1.165, 1.54) is 5.56 Å². The standard InChI is InChI=1S/C29H28N8O/c1-16-5-12-24(18(3)13-16)34-29-32-19(4)31-28(35-29)33-21-7-9-22(10-8-21)36-37-27-23(30)11-6-20-14-17(2)15-25(38)26(20)27/h5-15,38H,30H2,1-4H3,(H2,31,32,33,34,35). The number of azo groups is 1. The third kappa shape index (κ3) is 5.36. The van der Waals surface area contributed by atoms with Crippen LogP contribution in [0.2, 0.25) is 0 Å². The molecule has 0 aliphatic heterocycles. The average Bonchev–Trinajstić information content (AvgIpc) is 2.86. The lowest BCUT2D eigenvalue weighted by molar-refractivity contribution is 0.481. The normalized spacial score (nSPS) is 11.3. The molecule has 0 aliphatic rings. The van der Waals surface area contributed by atoms with Crippen LogP contribution in [0, 0.1) is 27.7 Å². The van der Waals surface area contributed by atoms with E-state index in [4.69, 9.17) is 5.73 Å². The van der Waals surface area contributed by atoms with Gasteiger partial charge in [0.05, 0.1) is 16.8 Å². The molecule has 4 aromatic carbocycles. The molecular weight excluding hydrogens is 476 g/mol. The lowest BCUT2D eigenvalue weighted by Gasteiger charge is -2.11. The molecule has 0 radical (unpaired) electrons. The predicted octanol–water partition coefficient (Wildman–Crippen LogP) is 7.45. The van der Waals surface area contributed by atoms with Gasteiger partial charge in [-0.3, -0.25) is 0 Å². The number of phenols is 1. The number of fused-ring (bicyclic) bond motifs is 1. The second-order valence-corrected chi connectivity index (χ2v) is 9.23. The molecule has 9 heteroatoms. The van der Waals surface area contributed by atoms with Crippen LogP contribution < -0.4 is 16.4 Å². The van der Waals surface area contributed by atoms with E-state index >= 15 is 0 Å². The van der Waals surface area contributed by atoms with Gasteiger partial charge in [-0.25, -0.2) is 0 Å². The van der Waals surface area contributed by atoms with Crippen LogP contribution in [0.3, 0.4) is 0 Å². The molecule has 1 aromatic heterocycles. The number of hydrogen-bond donors (Lipinski definition) is 4. The Labute approximate surface area is 220 Å². The van der Waals surface area contributed by atoms with Crippen molar-refractivity contribution in [2.45, 2.75) is 27.7 Å². The van der Waals surface area contributed by atoms with E-state index in [9.17, 15) is 5.11 Å². The first kappa shape index (κ1) is 24.6. The number of nitrogens with zero attached hydrogens (tertiary/aromatic N) is 5. The Morgan fingerprint density at radius 2 is 1.47 bits per heavy atom. The molecule has 0 atom stereocenters. The monoisotopic (exact) mass is 504 g/mol. The van der Waals surface area contributed by atoms with Crippen molar-refractivity contribution >= 4 is 51.1 Å². The van der Waals surface area contributed by atoms with E-state index in [1.807, 2.05) is 69.3 Å². The highest BCUT2D eigenvalue weighted by Crippen LogP contribution is 2.39. The summed E-state index contributed by atoms with van der Waals surface area (Å²) in [7, 11) is 0. The summed E-state index contributed by atoms with van der Waals surface area (Å²) >= 11 is 0. The fourth-order valence-corrected chi connectivity index (χ4v) is 4.21.